The Labute approximate surface area is 167 Å². The number of thioether (sulfide) groups is 1. The molecule has 1 heterocycles. The maximum atomic E-state index is 12.7. The van der Waals surface area contributed by atoms with Crippen LogP contribution in [0.5, 0.6) is 5.75 Å². The van der Waals surface area contributed by atoms with Gasteiger partial charge in [0.2, 0.25) is 0 Å². The van der Waals surface area contributed by atoms with Gasteiger partial charge in [0.1, 0.15) is 10.1 Å². The minimum absolute atomic E-state index is 0.105. The number of aromatic hydroxyl groups is 1. The first kappa shape index (κ1) is 18.7. The molecule has 2 aromatic rings. The number of phenolic OH excluding ortho intramolecular Hbond substituents is 1. The second-order valence-electron chi connectivity index (χ2n) is 5.84. The summed E-state index contributed by atoms with van der Waals surface area (Å²) in [5, 5.41) is 10.5. The summed E-state index contributed by atoms with van der Waals surface area (Å²) in [5.41, 5.74) is 2.45. The van der Waals surface area contributed by atoms with Crippen LogP contribution in [-0.2, 0) is 11.3 Å². The summed E-state index contributed by atoms with van der Waals surface area (Å²) in [5.74, 6) is 0.0331. The van der Waals surface area contributed by atoms with Crippen LogP contribution in [0.15, 0.2) is 65.1 Å². The molecular weight excluding hydrogens is 386 g/mol. The number of benzene rings is 2. The highest BCUT2D eigenvalue weighted by molar-refractivity contribution is 8.26. The molecule has 1 aliphatic heterocycles. The van der Waals surface area contributed by atoms with Crippen molar-refractivity contribution in [3.63, 3.8) is 0 Å². The molecule has 0 aromatic heterocycles. The van der Waals surface area contributed by atoms with Crippen LogP contribution in [0.3, 0.4) is 0 Å². The molecule has 3 nitrogen and oxygen atoms in total. The van der Waals surface area contributed by atoms with Crippen molar-refractivity contribution in [3.8, 4) is 5.75 Å². The van der Waals surface area contributed by atoms with Crippen LogP contribution < -0.4 is 0 Å². The Morgan fingerprint density at radius 1 is 1.27 bits per heavy atom. The molecule has 1 N–H and O–H groups in total. The SMILES string of the molecule is CC(=Cc1cc(Cl)ccc1O)C=C1SC(=S)N(Cc2ccccc2)C1=O. The van der Waals surface area contributed by atoms with Gasteiger partial charge in [-0.3, -0.25) is 9.69 Å². The zero-order chi connectivity index (χ0) is 18.7. The van der Waals surface area contributed by atoms with Crippen LogP contribution in [0.4, 0.5) is 0 Å². The van der Waals surface area contributed by atoms with Gasteiger partial charge in [-0.2, -0.15) is 0 Å². The van der Waals surface area contributed by atoms with E-state index in [4.69, 9.17) is 23.8 Å². The molecule has 1 fully saturated rings. The van der Waals surface area contributed by atoms with Crippen LogP contribution in [-0.4, -0.2) is 20.2 Å². The number of halogens is 1. The summed E-state index contributed by atoms with van der Waals surface area (Å²) < 4.78 is 0.545. The molecule has 1 aliphatic rings. The lowest BCUT2D eigenvalue weighted by molar-refractivity contribution is -0.122. The number of rotatable bonds is 4. The lowest BCUT2D eigenvalue weighted by Crippen LogP contribution is -2.27. The number of hydrogen-bond donors (Lipinski definition) is 1. The van der Waals surface area contributed by atoms with Gasteiger partial charge in [0.25, 0.3) is 5.91 Å². The zero-order valence-corrected chi connectivity index (χ0v) is 16.4. The van der Waals surface area contributed by atoms with Crippen LogP contribution >= 0.6 is 35.6 Å². The van der Waals surface area contributed by atoms with E-state index in [9.17, 15) is 9.90 Å². The number of hydrogen-bond acceptors (Lipinski definition) is 4. The summed E-state index contributed by atoms with van der Waals surface area (Å²) in [6.07, 6.45) is 3.57. The fraction of sp³-hybridized carbons (Fsp3) is 0.100. The molecule has 0 bridgehead atoms. The average Bonchev–Trinajstić information content (AvgIpc) is 2.86. The monoisotopic (exact) mass is 401 g/mol. The van der Waals surface area contributed by atoms with Gasteiger partial charge in [0.05, 0.1) is 11.4 Å². The predicted molar refractivity (Wildman–Crippen MR) is 112 cm³/mol. The Morgan fingerprint density at radius 3 is 2.73 bits per heavy atom. The number of thiocarbonyl (C=S) groups is 1. The molecule has 0 aliphatic carbocycles. The predicted octanol–water partition coefficient (Wildman–Crippen LogP) is 5.39. The van der Waals surface area contributed by atoms with Crippen molar-refractivity contribution >= 4 is 51.9 Å². The average molecular weight is 402 g/mol. The first-order valence-electron chi connectivity index (χ1n) is 7.90. The third-order valence-electron chi connectivity index (χ3n) is 3.79. The molecule has 6 heteroatoms. The fourth-order valence-electron chi connectivity index (χ4n) is 2.54. The van der Waals surface area contributed by atoms with Gasteiger partial charge in [0, 0.05) is 10.6 Å². The van der Waals surface area contributed by atoms with E-state index < -0.39 is 0 Å². The summed E-state index contributed by atoms with van der Waals surface area (Å²) in [6, 6.07) is 14.6. The first-order chi connectivity index (χ1) is 12.4. The van der Waals surface area contributed by atoms with Crippen molar-refractivity contribution in [3.05, 3.63) is 81.2 Å². The number of carbonyl (C=O) groups is 1. The van der Waals surface area contributed by atoms with Gasteiger partial charge in [-0.1, -0.05) is 65.9 Å². The highest BCUT2D eigenvalue weighted by atomic mass is 35.5. The van der Waals surface area contributed by atoms with Crippen LogP contribution in [0, 0.1) is 0 Å². The molecule has 1 saturated heterocycles. The molecule has 132 valence electrons. The minimum atomic E-state index is -0.105. The Morgan fingerprint density at radius 2 is 2.00 bits per heavy atom. The normalized spacial score (nSPS) is 16.6. The van der Waals surface area contributed by atoms with Crippen molar-refractivity contribution in [1.29, 1.82) is 0 Å². The van der Waals surface area contributed by atoms with Crippen molar-refractivity contribution in [1.82, 2.24) is 4.90 Å². The zero-order valence-electron chi connectivity index (χ0n) is 14.0. The molecule has 0 radical (unpaired) electrons. The summed E-state index contributed by atoms with van der Waals surface area (Å²) in [7, 11) is 0. The third kappa shape index (κ3) is 4.36. The quantitative estimate of drug-likeness (QED) is 0.550. The number of allylic oxidation sites excluding steroid dienone is 2. The van der Waals surface area contributed by atoms with E-state index in [1.54, 1.807) is 35.3 Å². The molecule has 3 rings (SSSR count). The molecule has 0 saturated carbocycles. The lowest BCUT2D eigenvalue weighted by Gasteiger charge is -2.14. The second-order valence-corrected chi connectivity index (χ2v) is 7.96. The van der Waals surface area contributed by atoms with Gasteiger partial charge < -0.3 is 5.11 Å². The van der Waals surface area contributed by atoms with E-state index in [1.165, 1.54) is 11.8 Å². The Kier molecular flexibility index (Phi) is 5.81. The van der Waals surface area contributed by atoms with Gasteiger partial charge in [-0.15, -0.1) is 0 Å². The van der Waals surface area contributed by atoms with E-state index in [0.29, 0.717) is 26.4 Å². The smallest absolute Gasteiger partial charge is 0.266 e. The number of nitrogens with zero attached hydrogens (tertiary/aromatic N) is 1. The fourth-order valence-corrected chi connectivity index (χ4v) is 4.02. The van der Waals surface area contributed by atoms with Gasteiger partial charge in [0.15, 0.2) is 0 Å². The molecule has 26 heavy (non-hydrogen) atoms. The van der Waals surface area contributed by atoms with Crippen molar-refractivity contribution < 1.29 is 9.90 Å². The van der Waals surface area contributed by atoms with Crippen LogP contribution in [0.1, 0.15) is 18.1 Å². The van der Waals surface area contributed by atoms with E-state index in [1.807, 2.05) is 37.3 Å². The molecule has 0 atom stereocenters. The number of amides is 1. The first-order valence-corrected chi connectivity index (χ1v) is 9.50. The maximum absolute atomic E-state index is 12.7. The molecule has 2 aromatic carbocycles. The lowest BCUT2D eigenvalue weighted by atomic mass is 10.1. The molecule has 1 amide bonds. The highest BCUT2D eigenvalue weighted by Crippen LogP contribution is 2.33. The standard InChI is InChI=1S/C20H16ClNO2S2/c1-13(9-15-11-16(21)7-8-17(15)23)10-18-19(24)22(20(25)26-18)12-14-5-3-2-4-6-14/h2-11,23H,12H2,1H3. The van der Waals surface area contributed by atoms with Crippen molar-refractivity contribution in [2.24, 2.45) is 0 Å². The van der Waals surface area contributed by atoms with Gasteiger partial charge >= 0.3 is 0 Å². The highest BCUT2D eigenvalue weighted by Gasteiger charge is 2.31. The Bertz CT molecular complexity index is 923. The van der Waals surface area contributed by atoms with Crippen LogP contribution in [0.2, 0.25) is 5.02 Å². The van der Waals surface area contributed by atoms with E-state index in [0.717, 1.165) is 11.1 Å². The summed E-state index contributed by atoms with van der Waals surface area (Å²) in [4.78, 5) is 14.9. The maximum Gasteiger partial charge on any atom is 0.266 e. The minimum Gasteiger partial charge on any atom is -0.507 e. The molecule has 0 unspecified atom stereocenters. The van der Waals surface area contributed by atoms with E-state index in [2.05, 4.69) is 0 Å². The summed E-state index contributed by atoms with van der Waals surface area (Å²) in [6.45, 7) is 2.32. The van der Waals surface area contributed by atoms with Gasteiger partial charge in [-0.25, -0.2) is 0 Å². The molecular formula is C20H16ClNO2S2. The Hall–Kier alpha value is -2.08. The number of phenols is 1. The number of carbonyl (C=O) groups excluding carboxylic acids is 1. The summed E-state index contributed by atoms with van der Waals surface area (Å²) >= 11 is 12.6. The van der Waals surface area contributed by atoms with Crippen LogP contribution in [0.25, 0.3) is 6.08 Å². The van der Waals surface area contributed by atoms with E-state index >= 15 is 0 Å². The Balaban J connectivity index is 1.81. The second kappa shape index (κ2) is 8.08. The van der Waals surface area contributed by atoms with Crippen molar-refractivity contribution in [2.75, 3.05) is 0 Å². The van der Waals surface area contributed by atoms with Crippen molar-refractivity contribution in [2.45, 2.75) is 13.5 Å². The topological polar surface area (TPSA) is 40.5 Å². The van der Waals surface area contributed by atoms with Gasteiger partial charge in [-0.05, 0) is 48.4 Å². The third-order valence-corrected chi connectivity index (χ3v) is 5.40. The molecule has 0 spiro atoms. The largest absolute Gasteiger partial charge is 0.507 e. The van der Waals surface area contributed by atoms with E-state index in [-0.39, 0.29) is 11.7 Å².